The van der Waals surface area contributed by atoms with Crippen LogP contribution in [0, 0.1) is 0 Å². The molecule has 0 aliphatic heterocycles. The Balaban J connectivity index is 2.49. The molecule has 0 saturated heterocycles. The molecule has 2 N–H and O–H groups in total. The minimum atomic E-state index is -3.66. The molecular weight excluding hydrogens is 307 g/mol. The summed E-state index contributed by atoms with van der Waals surface area (Å²) < 4.78 is 26.8. The number of hydrogen-bond donors (Lipinski definition) is 1. The van der Waals surface area contributed by atoms with Gasteiger partial charge in [0.05, 0.1) is 10.7 Å². The van der Waals surface area contributed by atoms with Crippen LogP contribution in [-0.2, 0) is 10.0 Å². The van der Waals surface area contributed by atoms with Crippen LogP contribution in [0.5, 0.6) is 0 Å². The first kappa shape index (κ1) is 14.9. The van der Waals surface area contributed by atoms with Gasteiger partial charge in [0.15, 0.2) is 0 Å². The number of halogens is 2. The third-order valence-corrected chi connectivity index (χ3v) is 5.70. The van der Waals surface area contributed by atoms with Gasteiger partial charge in [0, 0.05) is 17.6 Å². The molecule has 7 heteroatoms. The van der Waals surface area contributed by atoms with Gasteiger partial charge in [-0.3, -0.25) is 0 Å². The summed E-state index contributed by atoms with van der Waals surface area (Å²) in [7, 11) is -3.66. The largest absolute Gasteiger partial charge is 0.398 e. The molecule has 0 amide bonds. The van der Waals surface area contributed by atoms with E-state index < -0.39 is 10.0 Å². The quantitative estimate of drug-likeness (QED) is 0.847. The van der Waals surface area contributed by atoms with E-state index in [1.807, 2.05) is 6.92 Å². The van der Waals surface area contributed by atoms with Gasteiger partial charge >= 0.3 is 0 Å². The van der Waals surface area contributed by atoms with Crippen molar-refractivity contribution in [1.82, 2.24) is 4.31 Å². The highest BCUT2D eigenvalue weighted by Crippen LogP contribution is 2.38. The van der Waals surface area contributed by atoms with Crippen LogP contribution in [0.4, 0.5) is 5.69 Å². The predicted octanol–water partition coefficient (Wildman–Crippen LogP) is 3.14. The number of anilines is 1. The Morgan fingerprint density at radius 1 is 1.37 bits per heavy atom. The van der Waals surface area contributed by atoms with Crippen molar-refractivity contribution in [3.63, 3.8) is 0 Å². The third kappa shape index (κ3) is 2.99. The van der Waals surface area contributed by atoms with Gasteiger partial charge in [0.25, 0.3) is 0 Å². The van der Waals surface area contributed by atoms with Crippen LogP contribution in [0.1, 0.15) is 26.2 Å². The summed E-state index contributed by atoms with van der Waals surface area (Å²) in [6, 6.07) is 2.90. The molecule has 0 aromatic heterocycles. The Kier molecular flexibility index (Phi) is 4.30. The number of rotatable bonds is 5. The van der Waals surface area contributed by atoms with Crippen molar-refractivity contribution in [3.8, 4) is 0 Å². The van der Waals surface area contributed by atoms with Crippen LogP contribution in [-0.4, -0.2) is 25.3 Å². The van der Waals surface area contributed by atoms with Gasteiger partial charge in [-0.15, -0.1) is 0 Å². The molecule has 4 nitrogen and oxygen atoms in total. The Morgan fingerprint density at radius 3 is 2.47 bits per heavy atom. The van der Waals surface area contributed by atoms with Crippen LogP contribution in [0.2, 0.25) is 10.0 Å². The second-order valence-corrected chi connectivity index (χ2v) is 7.32. The topological polar surface area (TPSA) is 63.4 Å². The van der Waals surface area contributed by atoms with E-state index in [4.69, 9.17) is 28.9 Å². The van der Waals surface area contributed by atoms with E-state index in [2.05, 4.69) is 0 Å². The van der Waals surface area contributed by atoms with Gasteiger partial charge in [0.1, 0.15) is 4.90 Å². The molecule has 1 aliphatic carbocycles. The van der Waals surface area contributed by atoms with E-state index in [0.29, 0.717) is 11.6 Å². The maximum absolute atomic E-state index is 12.7. The van der Waals surface area contributed by atoms with Crippen molar-refractivity contribution in [3.05, 3.63) is 22.2 Å². The van der Waals surface area contributed by atoms with Crippen LogP contribution < -0.4 is 5.73 Å². The molecule has 106 valence electrons. The van der Waals surface area contributed by atoms with E-state index >= 15 is 0 Å². The lowest BCUT2D eigenvalue weighted by atomic mass is 10.3. The van der Waals surface area contributed by atoms with Gasteiger partial charge in [-0.05, 0) is 31.4 Å². The van der Waals surface area contributed by atoms with Crippen LogP contribution in [0.3, 0.4) is 0 Å². The zero-order valence-electron chi connectivity index (χ0n) is 10.6. The molecule has 19 heavy (non-hydrogen) atoms. The molecule has 1 aliphatic rings. The van der Waals surface area contributed by atoms with Crippen LogP contribution in [0.15, 0.2) is 17.0 Å². The third-order valence-electron chi connectivity index (χ3n) is 3.00. The predicted molar refractivity (Wildman–Crippen MR) is 78.1 cm³/mol. The van der Waals surface area contributed by atoms with Gasteiger partial charge in [-0.1, -0.05) is 30.1 Å². The fourth-order valence-electron chi connectivity index (χ4n) is 2.05. The van der Waals surface area contributed by atoms with Crippen LogP contribution >= 0.6 is 23.2 Å². The van der Waals surface area contributed by atoms with Gasteiger partial charge in [-0.2, -0.15) is 4.31 Å². The first-order valence-electron chi connectivity index (χ1n) is 6.14. The van der Waals surface area contributed by atoms with Crippen molar-refractivity contribution in [2.45, 2.75) is 37.1 Å². The Morgan fingerprint density at radius 2 is 2.00 bits per heavy atom. The standard InChI is InChI=1S/C12H16Cl2N2O2S/c1-2-5-16(9-3-4-9)19(17,18)12-10(14)6-8(13)7-11(12)15/h6-7,9H,2-5,15H2,1H3. The molecular formula is C12H16Cl2N2O2S. The van der Waals surface area contributed by atoms with Crippen molar-refractivity contribution >= 4 is 38.9 Å². The second-order valence-electron chi connectivity index (χ2n) is 4.65. The summed E-state index contributed by atoms with van der Waals surface area (Å²) in [5.41, 5.74) is 5.88. The fourth-order valence-corrected chi connectivity index (χ4v) is 4.78. The van der Waals surface area contributed by atoms with E-state index in [9.17, 15) is 8.42 Å². The summed E-state index contributed by atoms with van der Waals surface area (Å²) in [4.78, 5) is -0.0288. The highest BCUT2D eigenvalue weighted by molar-refractivity contribution is 7.89. The first-order valence-corrected chi connectivity index (χ1v) is 8.34. The van der Waals surface area contributed by atoms with Crippen molar-refractivity contribution in [2.24, 2.45) is 0 Å². The molecule has 0 radical (unpaired) electrons. The normalized spacial score (nSPS) is 16.0. The maximum atomic E-state index is 12.7. The Labute approximate surface area is 123 Å². The second kappa shape index (κ2) is 5.48. The zero-order valence-corrected chi connectivity index (χ0v) is 12.9. The van der Waals surface area contributed by atoms with E-state index in [1.165, 1.54) is 16.4 Å². The number of hydrogen-bond acceptors (Lipinski definition) is 3. The maximum Gasteiger partial charge on any atom is 0.246 e. The average Bonchev–Trinajstić information content (AvgIpc) is 3.07. The molecule has 0 heterocycles. The van der Waals surface area contributed by atoms with E-state index in [1.54, 1.807) is 0 Å². The van der Waals surface area contributed by atoms with Crippen LogP contribution in [0.25, 0.3) is 0 Å². The smallest absolute Gasteiger partial charge is 0.246 e. The van der Waals surface area contributed by atoms with Crippen molar-refractivity contribution < 1.29 is 8.42 Å². The molecule has 0 unspecified atom stereocenters. The summed E-state index contributed by atoms with van der Waals surface area (Å²) in [6.07, 6.45) is 2.54. The summed E-state index contributed by atoms with van der Waals surface area (Å²) in [5.74, 6) is 0. The number of benzene rings is 1. The minimum Gasteiger partial charge on any atom is -0.398 e. The highest BCUT2D eigenvalue weighted by atomic mass is 35.5. The Bertz CT molecular complexity index is 562. The van der Waals surface area contributed by atoms with E-state index in [-0.39, 0.29) is 21.6 Å². The summed E-state index contributed by atoms with van der Waals surface area (Å²) >= 11 is 11.8. The highest BCUT2D eigenvalue weighted by Gasteiger charge is 2.39. The zero-order chi connectivity index (χ0) is 14.2. The lowest BCUT2D eigenvalue weighted by Crippen LogP contribution is -2.34. The summed E-state index contributed by atoms with van der Waals surface area (Å²) in [5, 5.41) is 0.404. The molecule has 1 aromatic rings. The molecule has 2 rings (SSSR count). The number of sulfonamides is 1. The molecule has 1 saturated carbocycles. The summed E-state index contributed by atoms with van der Waals surface area (Å²) in [6.45, 7) is 2.42. The van der Waals surface area contributed by atoms with Gasteiger partial charge in [-0.25, -0.2) is 8.42 Å². The van der Waals surface area contributed by atoms with Gasteiger partial charge < -0.3 is 5.73 Å². The lowest BCUT2D eigenvalue weighted by molar-refractivity contribution is 0.403. The minimum absolute atomic E-state index is 0.0288. The average molecular weight is 323 g/mol. The van der Waals surface area contributed by atoms with Crippen molar-refractivity contribution in [2.75, 3.05) is 12.3 Å². The molecule has 0 atom stereocenters. The van der Waals surface area contributed by atoms with Crippen molar-refractivity contribution in [1.29, 1.82) is 0 Å². The van der Waals surface area contributed by atoms with Gasteiger partial charge in [0.2, 0.25) is 10.0 Å². The molecule has 1 fully saturated rings. The lowest BCUT2D eigenvalue weighted by Gasteiger charge is -2.22. The molecule has 0 spiro atoms. The molecule has 1 aromatic carbocycles. The SMILES string of the molecule is CCCN(C1CC1)S(=O)(=O)c1c(N)cc(Cl)cc1Cl. The Hall–Kier alpha value is -0.490. The first-order chi connectivity index (χ1) is 8.87. The van der Waals surface area contributed by atoms with E-state index in [0.717, 1.165) is 19.3 Å². The monoisotopic (exact) mass is 322 g/mol. The number of nitrogens with zero attached hydrogens (tertiary/aromatic N) is 1. The molecule has 0 bridgehead atoms. The number of nitrogens with two attached hydrogens (primary N) is 1. The fraction of sp³-hybridized carbons (Fsp3) is 0.500. The number of nitrogen functional groups attached to an aromatic ring is 1.